The van der Waals surface area contributed by atoms with Crippen molar-refractivity contribution in [1.29, 1.82) is 0 Å². The van der Waals surface area contributed by atoms with Crippen molar-refractivity contribution < 1.29 is 13.5 Å². The van der Waals surface area contributed by atoms with E-state index in [-0.39, 0.29) is 23.7 Å². The first-order valence-corrected chi connectivity index (χ1v) is 13.5. The van der Waals surface area contributed by atoms with Crippen LogP contribution in [-0.2, 0) is 28.8 Å². The first kappa shape index (κ1) is 23.2. The van der Waals surface area contributed by atoms with Gasteiger partial charge in [-0.25, -0.2) is 23.4 Å². The van der Waals surface area contributed by atoms with Gasteiger partial charge in [0.15, 0.2) is 5.03 Å². The van der Waals surface area contributed by atoms with Crippen molar-refractivity contribution in [3.8, 4) is 0 Å². The third-order valence-electron chi connectivity index (χ3n) is 7.40. The molecule has 3 aliphatic rings. The monoisotopic (exact) mass is 509 g/mol. The maximum absolute atomic E-state index is 13.7. The molecule has 11 nitrogen and oxygen atoms in total. The second-order valence-electron chi connectivity index (χ2n) is 9.62. The Hall–Kier alpha value is -3.19. The Morgan fingerprint density at radius 1 is 1.14 bits per heavy atom. The lowest BCUT2D eigenvalue weighted by atomic mass is 9.89. The highest BCUT2D eigenvalue weighted by Gasteiger charge is 2.45. The molecule has 1 atom stereocenters. The Labute approximate surface area is 208 Å². The minimum absolute atomic E-state index is 0.0309. The number of aryl methyl sites for hydroxylation is 1. The molecule has 3 aromatic rings. The second kappa shape index (κ2) is 8.44. The first-order valence-electron chi connectivity index (χ1n) is 12.0. The molecule has 12 heteroatoms. The van der Waals surface area contributed by atoms with Gasteiger partial charge >= 0.3 is 0 Å². The molecule has 0 bridgehead atoms. The molecule has 2 aliphatic heterocycles. The van der Waals surface area contributed by atoms with E-state index in [9.17, 15) is 18.3 Å². The van der Waals surface area contributed by atoms with Crippen molar-refractivity contribution in [2.75, 3.05) is 5.32 Å². The molecule has 36 heavy (non-hydrogen) atoms. The lowest BCUT2D eigenvalue weighted by Crippen LogP contribution is -2.48. The number of hydrogen-bond donors (Lipinski definition) is 3. The van der Waals surface area contributed by atoms with Gasteiger partial charge in [-0.3, -0.25) is 14.7 Å². The lowest BCUT2D eigenvalue weighted by molar-refractivity contribution is 0.0786. The van der Waals surface area contributed by atoms with Crippen molar-refractivity contribution >= 4 is 21.5 Å². The number of rotatable bonds is 4. The fourth-order valence-corrected chi connectivity index (χ4v) is 6.99. The minimum Gasteiger partial charge on any atom is -0.373 e. The molecule has 0 saturated heterocycles. The smallest absolute Gasteiger partial charge is 0.276 e. The number of anilines is 2. The maximum Gasteiger partial charge on any atom is 0.276 e. The molecule has 0 amide bonds. The van der Waals surface area contributed by atoms with Crippen LogP contribution >= 0.6 is 0 Å². The molecule has 6 rings (SSSR count). The number of sulfonamides is 1. The third kappa shape index (κ3) is 3.55. The van der Waals surface area contributed by atoms with Gasteiger partial charge in [0.1, 0.15) is 29.7 Å². The van der Waals surface area contributed by atoms with Gasteiger partial charge in [-0.05, 0) is 56.4 Å². The van der Waals surface area contributed by atoms with Gasteiger partial charge in [0.2, 0.25) is 0 Å². The van der Waals surface area contributed by atoms with E-state index < -0.39 is 21.9 Å². The van der Waals surface area contributed by atoms with Crippen LogP contribution < -0.4 is 16.2 Å². The van der Waals surface area contributed by atoms with Crippen LogP contribution in [0.3, 0.4) is 0 Å². The SMILES string of the molecule is Cc1cc(Nc2ncnc3c2CN(S(=O)(=O)c2ccccn2)C3)c(=O)n2c1C(O)NC21CCCCC1. The Bertz CT molecular complexity index is 1500. The molecule has 0 aromatic carbocycles. The molecule has 1 saturated carbocycles. The van der Waals surface area contributed by atoms with Gasteiger partial charge < -0.3 is 10.4 Å². The summed E-state index contributed by atoms with van der Waals surface area (Å²) in [5.74, 6) is 0.389. The van der Waals surface area contributed by atoms with E-state index in [0.29, 0.717) is 28.5 Å². The second-order valence-corrected chi connectivity index (χ2v) is 11.5. The van der Waals surface area contributed by atoms with E-state index in [1.165, 1.54) is 22.9 Å². The average molecular weight is 510 g/mol. The zero-order valence-electron chi connectivity index (χ0n) is 19.8. The molecule has 3 N–H and O–H groups in total. The molecule has 1 spiro atoms. The van der Waals surface area contributed by atoms with Crippen LogP contribution in [0.4, 0.5) is 11.5 Å². The van der Waals surface area contributed by atoms with Gasteiger partial charge in [0, 0.05) is 18.3 Å². The van der Waals surface area contributed by atoms with Crippen molar-refractivity contribution in [3.05, 3.63) is 69.7 Å². The molecule has 1 unspecified atom stereocenters. The fraction of sp³-hybridized carbons (Fsp3) is 0.417. The highest BCUT2D eigenvalue weighted by Crippen LogP contribution is 2.41. The van der Waals surface area contributed by atoms with Crippen molar-refractivity contribution in [2.45, 2.75) is 69.0 Å². The summed E-state index contributed by atoms with van der Waals surface area (Å²) >= 11 is 0. The molecule has 188 valence electrons. The van der Waals surface area contributed by atoms with Crippen LogP contribution in [0.2, 0.25) is 0 Å². The van der Waals surface area contributed by atoms with Crippen LogP contribution in [-0.4, -0.2) is 37.3 Å². The largest absolute Gasteiger partial charge is 0.373 e. The van der Waals surface area contributed by atoms with E-state index in [0.717, 1.165) is 37.7 Å². The number of pyridine rings is 2. The molecular weight excluding hydrogens is 482 g/mol. The van der Waals surface area contributed by atoms with Crippen LogP contribution in [0.25, 0.3) is 0 Å². The highest BCUT2D eigenvalue weighted by atomic mass is 32.2. The standard InChI is InChI=1S/C24H27N7O4S/c1-15-11-17(23(33)31-20(15)22(32)29-24(31)8-4-2-5-9-24)28-21-16-12-30(13-18(16)26-14-27-21)36(34,35)19-7-3-6-10-25-19/h3,6-7,10-11,14,22,29,32H,2,4-5,8-9,12-13H2,1H3,(H,26,27,28). The van der Waals surface area contributed by atoms with Crippen LogP contribution in [0.15, 0.2) is 46.6 Å². The summed E-state index contributed by atoms with van der Waals surface area (Å²) in [6.07, 6.45) is 6.49. The predicted octanol–water partition coefficient (Wildman–Crippen LogP) is 2.00. The summed E-state index contributed by atoms with van der Waals surface area (Å²) in [5.41, 5.74) is 2.04. The number of aliphatic hydroxyl groups excluding tert-OH is 1. The van der Waals surface area contributed by atoms with E-state index >= 15 is 0 Å². The number of fused-ring (bicyclic) bond motifs is 3. The first-order chi connectivity index (χ1) is 17.3. The fourth-order valence-electron chi connectivity index (χ4n) is 5.69. The summed E-state index contributed by atoms with van der Waals surface area (Å²) in [4.78, 5) is 26.4. The summed E-state index contributed by atoms with van der Waals surface area (Å²) < 4.78 is 29.2. The summed E-state index contributed by atoms with van der Waals surface area (Å²) in [7, 11) is -3.82. The predicted molar refractivity (Wildman–Crippen MR) is 131 cm³/mol. The van der Waals surface area contributed by atoms with E-state index in [4.69, 9.17) is 0 Å². The van der Waals surface area contributed by atoms with Crippen molar-refractivity contribution in [1.82, 2.24) is 29.1 Å². The summed E-state index contributed by atoms with van der Waals surface area (Å²) in [6.45, 7) is 2.02. The molecule has 1 fully saturated rings. The number of nitrogens with one attached hydrogen (secondary N) is 2. The zero-order chi connectivity index (χ0) is 25.1. The molecule has 0 radical (unpaired) electrons. The van der Waals surface area contributed by atoms with Gasteiger partial charge in [-0.1, -0.05) is 12.5 Å². The van der Waals surface area contributed by atoms with Gasteiger partial charge in [0.25, 0.3) is 15.6 Å². The van der Waals surface area contributed by atoms with Crippen LogP contribution in [0, 0.1) is 6.92 Å². The van der Waals surface area contributed by atoms with Gasteiger partial charge in [-0.15, -0.1) is 0 Å². The molecule has 1 aliphatic carbocycles. The number of hydrogen-bond acceptors (Lipinski definition) is 9. The Kier molecular flexibility index (Phi) is 5.45. The minimum atomic E-state index is -3.82. The summed E-state index contributed by atoms with van der Waals surface area (Å²) in [6, 6.07) is 6.46. The van der Waals surface area contributed by atoms with E-state index in [1.54, 1.807) is 22.8 Å². The van der Waals surface area contributed by atoms with Gasteiger partial charge in [0.05, 0.1) is 17.9 Å². The van der Waals surface area contributed by atoms with E-state index in [1.807, 2.05) is 6.92 Å². The topological polar surface area (TPSA) is 142 Å². The molecule has 3 aromatic heterocycles. The average Bonchev–Trinajstić information content (AvgIpc) is 3.44. The van der Waals surface area contributed by atoms with Crippen LogP contribution in [0.1, 0.15) is 60.8 Å². The van der Waals surface area contributed by atoms with Crippen molar-refractivity contribution in [2.24, 2.45) is 0 Å². The number of aliphatic hydroxyl groups is 1. The molecular formula is C24H27N7O4S. The lowest BCUT2D eigenvalue weighted by Gasteiger charge is -2.36. The number of nitrogens with zero attached hydrogens (tertiary/aromatic N) is 5. The Morgan fingerprint density at radius 3 is 2.69 bits per heavy atom. The summed E-state index contributed by atoms with van der Waals surface area (Å²) in [5, 5.41) is 17.1. The van der Waals surface area contributed by atoms with Crippen molar-refractivity contribution in [3.63, 3.8) is 0 Å². The molecule has 5 heterocycles. The maximum atomic E-state index is 13.7. The Balaban J connectivity index is 1.36. The normalized spacial score (nSPS) is 20.9. The highest BCUT2D eigenvalue weighted by molar-refractivity contribution is 7.89. The van der Waals surface area contributed by atoms with Crippen LogP contribution in [0.5, 0.6) is 0 Å². The third-order valence-corrected chi connectivity index (χ3v) is 9.11. The van der Waals surface area contributed by atoms with E-state index in [2.05, 4.69) is 25.6 Å². The number of aromatic nitrogens is 4. The zero-order valence-corrected chi connectivity index (χ0v) is 20.6. The Morgan fingerprint density at radius 2 is 1.94 bits per heavy atom. The van der Waals surface area contributed by atoms with Gasteiger partial charge in [-0.2, -0.15) is 4.31 Å². The quantitative estimate of drug-likeness (QED) is 0.481.